The molecule has 0 fully saturated rings. The summed E-state index contributed by atoms with van der Waals surface area (Å²) < 4.78 is 1.55. The van der Waals surface area contributed by atoms with Crippen LogP contribution >= 0.6 is 0 Å². The summed E-state index contributed by atoms with van der Waals surface area (Å²) in [4.78, 5) is 31.9. The molecule has 6 nitrogen and oxygen atoms in total. The summed E-state index contributed by atoms with van der Waals surface area (Å²) in [6, 6.07) is 23.5. The van der Waals surface area contributed by atoms with Crippen LogP contribution in [-0.4, -0.2) is 27.4 Å². The Morgan fingerprint density at radius 2 is 1.81 bits per heavy atom. The number of carbonyl (C=O) groups is 1. The Morgan fingerprint density at radius 1 is 1.06 bits per heavy atom. The second-order valence-electron chi connectivity index (χ2n) is 7.34. The van der Waals surface area contributed by atoms with E-state index in [0.717, 1.165) is 5.56 Å². The van der Waals surface area contributed by atoms with Crippen LogP contribution in [0.2, 0.25) is 0 Å². The maximum atomic E-state index is 13.0. The molecular formula is C25H20N4O2. The van der Waals surface area contributed by atoms with Crippen molar-refractivity contribution < 1.29 is 4.79 Å². The average Bonchev–Trinajstić information content (AvgIpc) is 2.79. The molecule has 6 heteroatoms. The number of para-hydroxylation sites is 1. The van der Waals surface area contributed by atoms with Gasteiger partial charge < -0.3 is 4.90 Å². The van der Waals surface area contributed by atoms with Gasteiger partial charge in [-0.2, -0.15) is 5.26 Å². The molecule has 0 aliphatic rings. The molecule has 0 bridgehead atoms. The van der Waals surface area contributed by atoms with Gasteiger partial charge in [0.05, 0.1) is 28.2 Å². The fourth-order valence-corrected chi connectivity index (χ4v) is 3.61. The van der Waals surface area contributed by atoms with Gasteiger partial charge >= 0.3 is 0 Å². The maximum absolute atomic E-state index is 13.0. The maximum Gasteiger partial charge on any atom is 0.265 e. The zero-order valence-corrected chi connectivity index (χ0v) is 17.2. The Morgan fingerprint density at radius 3 is 2.55 bits per heavy atom. The van der Waals surface area contributed by atoms with E-state index in [1.54, 1.807) is 72.0 Å². The Labute approximate surface area is 179 Å². The zero-order valence-electron chi connectivity index (χ0n) is 17.2. The summed E-state index contributed by atoms with van der Waals surface area (Å²) in [7, 11) is 1.72. The first kappa shape index (κ1) is 20.0. The van der Waals surface area contributed by atoms with E-state index in [1.165, 1.54) is 0 Å². The minimum Gasteiger partial charge on any atom is -0.337 e. The van der Waals surface area contributed by atoms with E-state index >= 15 is 0 Å². The average molecular weight is 408 g/mol. The molecule has 0 aliphatic heterocycles. The van der Waals surface area contributed by atoms with Crippen LogP contribution < -0.4 is 5.56 Å². The molecular weight excluding hydrogens is 388 g/mol. The van der Waals surface area contributed by atoms with Crippen LogP contribution in [0.1, 0.15) is 27.3 Å². The molecule has 3 aromatic carbocycles. The molecule has 152 valence electrons. The van der Waals surface area contributed by atoms with Crippen LogP contribution in [0.25, 0.3) is 16.6 Å². The van der Waals surface area contributed by atoms with Crippen molar-refractivity contribution in [2.75, 3.05) is 7.05 Å². The van der Waals surface area contributed by atoms with E-state index in [2.05, 4.69) is 11.1 Å². The predicted octanol–water partition coefficient (Wildman–Crippen LogP) is 3.84. The summed E-state index contributed by atoms with van der Waals surface area (Å²) in [5.41, 5.74) is 3.14. The van der Waals surface area contributed by atoms with Gasteiger partial charge in [-0.05, 0) is 61.0 Å². The fraction of sp³-hybridized carbons (Fsp3) is 0.120. The summed E-state index contributed by atoms with van der Waals surface area (Å²) in [5.74, 6) is 0.437. The Hall–Kier alpha value is -4.24. The first-order valence-electron chi connectivity index (χ1n) is 9.81. The SMILES string of the molecule is Cc1nc2ccccc2c(=O)n1-c1ccc(C(=O)N(C)Cc2cccc(C#N)c2)cc1. The summed E-state index contributed by atoms with van der Waals surface area (Å²) in [6.07, 6.45) is 0. The van der Waals surface area contributed by atoms with Gasteiger partial charge in [-0.25, -0.2) is 4.98 Å². The highest BCUT2D eigenvalue weighted by Crippen LogP contribution is 2.15. The molecule has 0 N–H and O–H groups in total. The number of benzene rings is 3. The first-order valence-corrected chi connectivity index (χ1v) is 9.81. The molecule has 4 aromatic rings. The van der Waals surface area contributed by atoms with Crippen molar-refractivity contribution in [3.63, 3.8) is 0 Å². The minimum atomic E-state index is -0.144. The standard InChI is InChI=1S/C25H20N4O2/c1-17-27-23-9-4-3-8-22(23)25(31)29(17)21-12-10-20(11-13-21)24(30)28(2)16-19-7-5-6-18(14-19)15-26/h3-14H,16H2,1-2H3. The largest absolute Gasteiger partial charge is 0.337 e. The number of rotatable bonds is 4. The van der Waals surface area contributed by atoms with E-state index in [9.17, 15) is 9.59 Å². The lowest BCUT2D eigenvalue weighted by Crippen LogP contribution is -2.26. The number of aromatic nitrogens is 2. The topological polar surface area (TPSA) is 79.0 Å². The van der Waals surface area contributed by atoms with E-state index < -0.39 is 0 Å². The highest BCUT2D eigenvalue weighted by Gasteiger charge is 2.14. The lowest BCUT2D eigenvalue weighted by molar-refractivity contribution is 0.0785. The van der Waals surface area contributed by atoms with Gasteiger partial charge in [0.2, 0.25) is 0 Å². The molecule has 0 atom stereocenters. The van der Waals surface area contributed by atoms with Crippen molar-refractivity contribution in [1.29, 1.82) is 5.26 Å². The monoisotopic (exact) mass is 408 g/mol. The van der Waals surface area contributed by atoms with E-state index in [0.29, 0.717) is 40.1 Å². The molecule has 1 aromatic heterocycles. The lowest BCUT2D eigenvalue weighted by atomic mass is 10.1. The van der Waals surface area contributed by atoms with Crippen LogP contribution in [-0.2, 0) is 6.54 Å². The minimum absolute atomic E-state index is 0.142. The van der Waals surface area contributed by atoms with Crippen LogP contribution in [0.3, 0.4) is 0 Å². The Bertz CT molecular complexity index is 1380. The van der Waals surface area contributed by atoms with Crippen molar-refractivity contribution in [3.8, 4) is 11.8 Å². The number of hydrogen-bond donors (Lipinski definition) is 0. The van der Waals surface area contributed by atoms with Crippen LogP contribution in [0.15, 0.2) is 77.6 Å². The molecule has 0 aliphatic carbocycles. The summed E-state index contributed by atoms with van der Waals surface area (Å²) >= 11 is 0. The fourth-order valence-electron chi connectivity index (χ4n) is 3.61. The molecule has 31 heavy (non-hydrogen) atoms. The molecule has 0 saturated heterocycles. The second-order valence-corrected chi connectivity index (χ2v) is 7.34. The number of carbonyl (C=O) groups excluding carboxylic acids is 1. The van der Waals surface area contributed by atoms with Gasteiger partial charge in [-0.3, -0.25) is 14.2 Å². The van der Waals surface area contributed by atoms with Gasteiger partial charge in [-0.1, -0.05) is 24.3 Å². The molecule has 0 radical (unpaired) electrons. The van der Waals surface area contributed by atoms with E-state index in [4.69, 9.17) is 5.26 Å². The zero-order chi connectivity index (χ0) is 22.0. The molecule has 0 unspecified atom stereocenters. The number of hydrogen-bond acceptors (Lipinski definition) is 4. The number of nitriles is 1. The highest BCUT2D eigenvalue weighted by atomic mass is 16.2. The third kappa shape index (κ3) is 3.94. The Balaban J connectivity index is 1.60. The van der Waals surface area contributed by atoms with Crippen molar-refractivity contribution >= 4 is 16.8 Å². The van der Waals surface area contributed by atoms with Crippen molar-refractivity contribution in [2.24, 2.45) is 0 Å². The highest BCUT2D eigenvalue weighted by molar-refractivity contribution is 5.94. The van der Waals surface area contributed by atoms with Gasteiger partial charge in [0.25, 0.3) is 11.5 Å². The van der Waals surface area contributed by atoms with Crippen LogP contribution in [0.4, 0.5) is 0 Å². The van der Waals surface area contributed by atoms with E-state index in [1.807, 2.05) is 24.3 Å². The summed E-state index contributed by atoms with van der Waals surface area (Å²) in [5, 5.41) is 9.59. The third-order valence-corrected chi connectivity index (χ3v) is 5.14. The quantitative estimate of drug-likeness (QED) is 0.514. The van der Waals surface area contributed by atoms with E-state index in [-0.39, 0.29) is 11.5 Å². The lowest BCUT2D eigenvalue weighted by Gasteiger charge is -2.18. The van der Waals surface area contributed by atoms with Gasteiger partial charge in [0.1, 0.15) is 5.82 Å². The van der Waals surface area contributed by atoms with Crippen LogP contribution in [0.5, 0.6) is 0 Å². The van der Waals surface area contributed by atoms with Crippen molar-refractivity contribution in [1.82, 2.24) is 14.5 Å². The molecule has 1 heterocycles. The van der Waals surface area contributed by atoms with Gasteiger partial charge in [0, 0.05) is 19.2 Å². The van der Waals surface area contributed by atoms with Crippen molar-refractivity contribution in [2.45, 2.75) is 13.5 Å². The predicted molar refractivity (Wildman–Crippen MR) is 119 cm³/mol. The van der Waals surface area contributed by atoms with Crippen LogP contribution in [0, 0.1) is 18.3 Å². The number of fused-ring (bicyclic) bond motifs is 1. The Kier molecular flexibility index (Phi) is 5.33. The molecule has 1 amide bonds. The number of aryl methyl sites for hydroxylation is 1. The number of nitrogens with zero attached hydrogens (tertiary/aromatic N) is 4. The molecule has 0 spiro atoms. The normalized spacial score (nSPS) is 10.6. The van der Waals surface area contributed by atoms with Gasteiger partial charge in [-0.15, -0.1) is 0 Å². The number of amides is 1. The molecule has 4 rings (SSSR count). The first-order chi connectivity index (χ1) is 15.0. The third-order valence-electron chi connectivity index (χ3n) is 5.14. The summed E-state index contributed by atoms with van der Waals surface area (Å²) in [6.45, 7) is 2.18. The smallest absolute Gasteiger partial charge is 0.265 e. The second kappa shape index (κ2) is 8.25. The van der Waals surface area contributed by atoms with Crippen molar-refractivity contribution in [3.05, 3.63) is 106 Å². The van der Waals surface area contributed by atoms with Gasteiger partial charge in [0.15, 0.2) is 0 Å². The molecule has 0 saturated carbocycles.